The van der Waals surface area contributed by atoms with Crippen molar-refractivity contribution in [2.45, 2.75) is 26.8 Å². The summed E-state index contributed by atoms with van der Waals surface area (Å²) in [6.07, 6.45) is 0. The van der Waals surface area contributed by atoms with Gasteiger partial charge in [-0.3, -0.25) is 14.3 Å². The predicted molar refractivity (Wildman–Crippen MR) is 76.9 cm³/mol. The molecule has 0 aliphatic rings. The third-order valence-electron chi connectivity index (χ3n) is 3.19. The Morgan fingerprint density at radius 3 is 2.52 bits per heavy atom. The third kappa shape index (κ3) is 4.56. The highest BCUT2D eigenvalue weighted by atomic mass is 16.5. The van der Waals surface area contributed by atoms with Crippen LogP contribution in [-0.4, -0.2) is 60.5 Å². The highest BCUT2D eigenvalue weighted by Gasteiger charge is 2.25. The molecule has 7 nitrogen and oxygen atoms in total. The van der Waals surface area contributed by atoms with E-state index in [-0.39, 0.29) is 12.5 Å². The molecule has 0 spiro atoms. The second kappa shape index (κ2) is 7.78. The topological polar surface area (TPSA) is 73.7 Å². The van der Waals surface area contributed by atoms with Crippen LogP contribution in [0.2, 0.25) is 0 Å². The van der Waals surface area contributed by atoms with Crippen molar-refractivity contribution in [1.82, 2.24) is 14.7 Å². The van der Waals surface area contributed by atoms with Crippen LogP contribution < -0.4 is 0 Å². The molecule has 1 heterocycles. The summed E-state index contributed by atoms with van der Waals surface area (Å²) >= 11 is 0. The van der Waals surface area contributed by atoms with Gasteiger partial charge in [-0.05, 0) is 26.8 Å². The van der Waals surface area contributed by atoms with Gasteiger partial charge in [0.05, 0.1) is 19.4 Å². The Labute approximate surface area is 124 Å². The molecule has 1 rings (SSSR count). The van der Waals surface area contributed by atoms with Gasteiger partial charge in [-0.2, -0.15) is 5.10 Å². The van der Waals surface area contributed by atoms with Crippen molar-refractivity contribution in [3.63, 3.8) is 0 Å². The van der Waals surface area contributed by atoms with Crippen molar-refractivity contribution in [3.8, 4) is 0 Å². The molecule has 21 heavy (non-hydrogen) atoms. The monoisotopic (exact) mass is 297 g/mol. The predicted octanol–water partition coefficient (Wildman–Crippen LogP) is 0.709. The summed E-state index contributed by atoms with van der Waals surface area (Å²) in [6.45, 7) is 6.11. The Balaban J connectivity index is 2.87. The van der Waals surface area contributed by atoms with E-state index in [0.29, 0.717) is 13.2 Å². The minimum absolute atomic E-state index is 0.0949. The summed E-state index contributed by atoms with van der Waals surface area (Å²) in [5, 5.41) is 4.31. The standard InChI is InChI=1S/C14H23N3O4/c1-10-8-11(2)17(15-10)12(3)14(19)16(6-7-20-4)9-13(18)21-5/h8,12H,6-7,9H2,1-5H3/t12-/m1/s1. The van der Waals surface area contributed by atoms with Crippen molar-refractivity contribution in [1.29, 1.82) is 0 Å². The first kappa shape index (κ1) is 17.2. The van der Waals surface area contributed by atoms with Gasteiger partial charge in [0.25, 0.3) is 0 Å². The van der Waals surface area contributed by atoms with Crippen molar-refractivity contribution in [3.05, 3.63) is 17.5 Å². The number of amides is 1. The lowest BCUT2D eigenvalue weighted by atomic mass is 10.2. The molecule has 118 valence electrons. The maximum Gasteiger partial charge on any atom is 0.325 e. The molecule has 0 N–H and O–H groups in total. The molecule has 0 aromatic carbocycles. The first-order valence-corrected chi connectivity index (χ1v) is 6.78. The summed E-state index contributed by atoms with van der Waals surface area (Å²) < 4.78 is 11.3. The first-order chi connectivity index (χ1) is 9.90. The zero-order valence-electron chi connectivity index (χ0n) is 13.3. The molecule has 0 saturated carbocycles. The van der Waals surface area contributed by atoms with E-state index in [1.807, 2.05) is 19.9 Å². The summed E-state index contributed by atoms with van der Waals surface area (Å²) in [4.78, 5) is 25.4. The van der Waals surface area contributed by atoms with E-state index >= 15 is 0 Å². The lowest BCUT2D eigenvalue weighted by Crippen LogP contribution is -2.42. The fourth-order valence-corrected chi connectivity index (χ4v) is 2.10. The van der Waals surface area contributed by atoms with Gasteiger partial charge in [-0.15, -0.1) is 0 Å². The number of hydrogen-bond acceptors (Lipinski definition) is 5. The van der Waals surface area contributed by atoms with Gasteiger partial charge in [0, 0.05) is 19.3 Å². The van der Waals surface area contributed by atoms with Gasteiger partial charge in [0.15, 0.2) is 0 Å². The number of ether oxygens (including phenoxy) is 2. The van der Waals surface area contributed by atoms with Crippen LogP contribution in [0.25, 0.3) is 0 Å². The quantitative estimate of drug-likeness (QED) is 0.693. The number of carbonyl (C=O) groups excluding carboxylic acids is 2. The van der Waals surface area contributed by atoms with E-state index in [0.717, 1.165) is 11.4 Å². The van der Waals surface area contributed by atoms with Crippen molar-refractivity contribution >= 4 is 11.9 Å². The molecule has 0 saturated heterocycles. The van der Waals surface area contributed by atoms with E-state index in [4.69, 9.17) is 4.74 Å². The van der Waals surface area contributed by atoms with Crippen LogP contribution in [0, 0.1) is 13.8 Å². The lowest BCUT2D eigenvalue weighted by molar-refractivity contribution is -0.148. The van der Waals surface area contributed by atoms with Gasteiger partial charge in [-0.1, -0.05) is 0 Å². The smallest absolute Gasteiger partial charge is 0.325 e. The Kier molecular flexibility index (Phi) is 6.36. The Morgan fingerprint density at radius 2 is 2.05 bits per heavy atom. The van der Waals surface area contributed by atoms with Gasteiger partial charge in [0.1, 0.15) is 12.6 Å². The molecule has 0 unspecified atom stereocenters. The minimum Gasteiger partial charge on any atom is -0.468 e. The lowest BCUT2D eigenvalue weighted by Gasteiger charge is -2.25. The highest BCUT2D eigenvalue weighted by Crippen LogP contribution is 2.13. The molecular formula is C14H23N3O4. The normalized spacial score (nSPS) is 12.0. The van der Waals surface area contributed by atoms with E-state index in [2.05, 4.69) is 9.84 Å². The van der Waals surface area contributed by atoms with Crippen LogP contribution in [0.5, 0.6) is 0 Å². The van der Waals surface area contributed by atoms with Gasteiger partial charge in [0.2, 0.25) is 5.91 Å². The van der Waals surface area contributed by atoms with Crippen molar-refractivity contribution < 1.29 is 19.1 Å². The summed E-state index contributed by atoms with van der Waals surface area (Å²) in [7, 11) is 2.84. The molecular weight excluding hydrogens is 274 g/mol. The number of esters is 1. The maximum absolute atomic E-state index is 12.6. The van der Waals surface area contributed by atoms with Gasteiger partial charge < -0.3 is 14.4 Å². The fourth-order valence-electron chi connectivity index (χ4n) is 2.10. The van der Waals surface area contributed by atoms with Crippen LogP contribution in [0.15, 0.2) is 6.07 Å². The second-order valence-electron chi connectivity index (χ2n) is 4.88. The van der Waals surface area contributed by atoms with Crippen molar-refractivity contribution in [2.75, 3.05) is 33.9 Å². The zero-order chi connectivity index (χ0) is 16.0. The first-order valence-electron chi connectivity index (χ1n) is 6.78. The molecule has 0 aliphatic carbocycles. The maximum atomic E-state index is 12.6. The SMILES string of the molecule is COCCN(CC(=O)OC)C(=O)[C@@H](C)n1nc(C)cc1C. The Bertz CT molecular complexity index is 498. The van der Waals surface area contributed by atoms with E-state index in [1.165, 1.54) is 12.0 Å². The van der Waals surface area contributed by atoms with Crippen LogP contribution in [0.3, 0.4) is 0 Å². The third-order valence-corrected chi connectivity index (χ3v) is 3.19. The molecule has 1 amide bonds. The van der Waals surface area contributed by atoms with Gasteiger partial charge >= 0.3 is 5.97 Å². The van der Waals surface area contributed by atoms with Gasteiger partial charge in [-0.25, -0.2) is 0 Å². The number of aryl methyl sites for hydroxylation is 2. The summed E-state index contributed by atoms with van der Waals surface area (Å²) in [6, 6.07) is 1.42. The molecule has 1 atom stereocenters. The number of carbonyl (C=O) groups is 2. The fraction of sp³-hybridized carbons (Fsp3) is 0.643. The average Bonchev–Trinajstić information content (AvgIpc) is 2.80. The second-order valence-corrected chi connectivity index (χ2v) is 4.88. The molecule has 0 aliphatic heterocycles. The molecule has 1 aromatic rings. The van der Waals surface area contributed by atoms with Crippen LogP contribution in [0.4, 0.5) is 0 Å². The highest BCUT2D eigenvalue weighted by molar-refractivity contribution is 5.84. The van der Waals surface area contributed by atoms with Crippen LogP contribution in [0.1, 0.15) is 24.4 Å². The van der Waals surface area contributed by atoms with E-state index in [9.17, 15) is 9.59 Å². The number of rotatable bonds is 7. The summed E-state index contributed by atoms with van der Waals surface area (Å²) in [5.74, 6) is -0.649. The molecule has 7 heteroatoms. The minimum atomic E-state index is -0.486. The Morgan fingerprint density at radius 1 is 1.38 bits per heavy atom. The number of nitrogens with zero attached hydrogens (tertiary/aromatic N) is 3. The largest absolute Gasteiger partial charge is 0.468 e. The number of hydrogen-bond donors (Lipinski definition) is 0. The number of aromatic nitrogens is 2. The van der Waals surface area contributed by atoms with Crippen molar-refractivity contribution in [2.24, 2.45) is 0 Å². The number of methoxy groups -OCH3 is 2. The molecule has 0 fully saturated rings. The molecule has 1 aromatic heterocycles. The van der Waals surface area contributed by atoms with Crippen LogP contribution in [-0.2, 0) is 19.1 Å². The van der Waals surface area contributed by atoms with Crippen LogP contribution >= 0.6 is 0 Å². The van der Waals surface area contributed by atoms with E-state index in [1.54, 1.807) is 18.7 Å². The summed E-state index contributed by atoms with van der Waals surface area (Å²) in [5.41, 5.74) is 1.75. The molecule has 0 radical (unpaired) electrons. The average molecular weight is 297 g/mol. The molecule has 0 bridgehead atoms. The zero-order valence-corrected chi connectivity index (χ0v) is 13.3. The Hall–Kier alpha value is -1.89. The van der Waals surface area contributed by atoms with E-state index < -0.39 is 12.0 Å².